The van der Waals surface area contributed by atoms with Gasteiger partial charge in [-0.15, -0.1) is 0 Å². The zero-order valence-corrected chi connectivity index (χ0v) is 14.8. The van der Waals surface area contributed by atoms with Crippen LogP contribution in [0.3, 0.4) is 0 Å². The number of carbonyl (C=O) groups is 1. The molecular formula is C23H14N4O. The Morgan fingerprint density at radius 1 is 0.964 bits per heavy atom. The van der Waals surface area contributed by atoms with E-state index in [1.807, 2.05) is 48.7 Å². The largest absolute Gasteiger partial charge is 0.361 e. The third kappa shape index (κ3) is 2.83. The van der Waals surface area contributed by atoms with Gasteiger partial charge in [0.1, 0.15) is 12.0 Å². The first-order valence-electron chi connectivity index (χ1n) is 8.80. The van der Waals surface area contributed by atoms with Crippen molar-refractivity contribution in [3.05, 3.63) is 89.9 Å². The van der Waals surface area contributed by atoms with Gasteiger partial charge >= 0.3 is 0 Å². The van der Waals surface area contributed by atoms with Gasteiger partial charge in [-0.1, -0.05) is 30.2 Å². The summed E-state index contributed by atoms with van der Waals surface area (Å²) < 4.78 is 1.74. The molecule has 2 aromatic carbocycles. The molecule has 5 rings (SSSR count). The summed E-state index contributed by atoms with van der Waals surface area (Å²) in [6, 6.07) is 19.2. The Balaban J connectivity index is 1.54. The zero-order valence-electron chi connectivity index (χ0n) is 14.8. The van der Waals surface area contributed by atoms with E-state index in [1.165, 1.54) is 0 Å². The SMILES string of the molecule is O=Cc1ccc(-c2ccc3ncc(C#Cc4ccc5[nH]ccc5c4)n3n2)cc1. The molecule has 0 atom stereocenters. The van der Waals surface area contributed by atoms with Crippen molar-refractivity contribution in [2.45, 2.75) is 0 Å². The van der Waals surface area contributed by atoms with Crippen molar-refractivity contribution in [2.75, 3.05) is 0 Å². The Bertz CT molecular complexity index is 1380. The number of nitrogens with zero attached hydrogens (tertiary/aromatic N) is 3. The lowest BCUT2D eigenvalue weighted by Crippen LogP contribution is -1.97. The first-order chi connectivity index (χ1) is 13.8. The average molecular weight is 362 g/mol. The predicted molar refractivity (Wildman–Crippen MR) is 108 cm³/mol. The molecule has 132 valence electrons. The van der Waals surface area contributed by atoms with Crippen molar-refractivity contribution in [3.63, 3.8) is 0 Å². The number of H-pyrrole nitrogens is 1. The average Bonchev–Trinajstić information content (AvgIpc) is 3.38. The Hall–Kier alpha value is -4.17. The van der Waals surface area contributed by atoms with Crippen LogP contribution in [0.25, 0.3) is 27.8 Å². The van der Waals surface area contributed by atoms with Gasteiger partial charge in [-0.2, -0.15) is 5.10 Å². The molecule has 0 saturated carbocycles. The number of nitrogens with one attached hydrogen (secondary N) is 1. The smallest absolute Gasteiger partial charge is 0.154 e. The van der Waals surface area contributed by atoms with Gasteiger partial charge < -0.3 is 4.98 Å². The molecule has 5 heteroatoms. The third-order valence-corrected chi connectivity index (χ3v) is 4.59. The number of aromatic amines is 1. The first kappa shape index (κ1) is 16.0. The minimum atomic E-state index is 0.637. The fraction of sp³-hybridized carbons (Fsp3) is 0. The number of imidazole rings is 1. The molecule has 0 unspecified atom stereocenters. The number of hydrogen-bond acceptors (Lipinski definition) is 3. The van der Waals surface area contributed by atoms with Crippen LogP contribution in [0.5, 0.6) is 0 Å². The Morgan fingerprint density at radius 2 is 1.86 bits per heavy atom. The standard InChI is InChI=1S/C23H14N4O/c28-15-17-1-5-18(6-2-17)22-9-10-23-25-14-20(27(23)26-22)7-3-16-4-8-21-19(13-16)11-12-24-21/h1-2,4-6,8-15,24H. The minimum Gasteiger partial charge on any atom is -0.361 e. The van der Waals surface area contributed by atoms with E-state index in [2.05, 4.69) is 33.0 Å². The first-order valence-corrected chi connectivity index (χ1v) is 8.80. The molecule has 3 aromatic heterocycles. The van der Waals surface area contributed by atoms with E-state index >= 15 is 0 Å². The van der Waals surface area contributed by atoms with Gasteiger partial charge in [-0.25, -0.2) is 9.50 Å². The Labute approximate surface area is 160 Å². The highest BCUT2D eigenvalue weighted by molar-refractivity contribution is 5.81. The lowest BCUT2D eigenvalue weighted by molar-refractivity contribution is 0.112. The molecule has 3 heterocycles. The van der Waals surface area contributed by atoms with Crippen LogP contribution in [0.1, 0.15) is 21.6 Å². The fourth-order valence-electron chi connectivity index (χ4n) is 3.11. The van der Waals surface area contributed by atoms with Crippen molar-refractivity contribution >= 4 is 22.8 Å². The molecule has 0 aliphatic carbocycles. The number of benzene rings is 2. The lowest BCUT2D eigenvalue weighted by Gasteiger charge is -2.02. The van der Waals surface area contributed by atoms with E-state index < -0.39 is 0 Å². The van der Waals surface area contributed by atoms with Gasteiger partial charge in [0.05, 0.1) is 11.9 Å². The van der Waals surface area contributed by atoms with Crippen LogP contribution in [0.15, 0.2) is 73.1 Å². The van der Waals surface area contributed by atoms with Crippen molar-refractivity contribution < 1.29 is 4.79 Å². The number of fused-ring (bicyclic) bond motifs is 2. The number of rotatable bonds is 2. The number of aldehydes is 1. The molecule has 0 amide bonds. The minimum absolute atomic E-state index is 0.637. The van der Waals surface area contributed by atoms with Crippen LogP contribution in [-0.2, 0) is 0 Å². The summed E-state index contributed by atoms with van der Waals surface area (Å²) in [6.07, 6.45) is 4.47. The second kappa shape index (κ2) is 6.53. The third-order valence-electron chi connectivity index (χ3n) is 4.59. The zero-order chi connectivity index (χ0) is 18.9. The van der Waals surface area contributed by atoms with E-state index in [1.54, 1.807) is 22.8 Å². The quantitative estimate of drug-likeness (QED) is 0.380. The second-order valence-electron chi connectivity index (χ2n) is 6.40. The molecule has 0 fully saturated rings. The molecule has 0 saturated heterocycles. The number of carbonyl (C=O) groups excluding carboxylic acids is 1. The fourth-order valence-corrected chi connectivity index (χ4v) is 3.11. The van der Waals surface area contributed by atoms with E-state index in [9.17, 15) is 4.79 Å². The summed E-state index contributed by atoms with van der Waals surface area (Å²) in [7, 11) is 0. The molecule has 28 heavy (non-hydrogen) atoms. The highest BCUT2D eigenvalue weighted by Gasteiger charge is 2.06. The molecule has 1 N–H and O–H groups in total. The van der Waals surface area contributed by atoms with Gasteiger partial charge in [0, 0.05) is 33.8 Å². The molecule has 0 bridgehead atoms. The summed E-state index contributed by atoms with van der Waals surface area (Å²) in [5, 5.41) is 5.80. The molecule has 5 nitrogen and oxygen atoms in total. The molecule has 0 spiro atoms. The highest BCUT2D eigenvalue weighted by atomic mass is 16.1. The normalized spacial score (nSPS) is 10.7. The topological polar surface area (TPSA) is 63.0 Å². The van der Waals surface area contributed by atoms with Crippen LogP contribution >= 0.6 is 0 Å². The van der Waals surface area contributed by atoms with Gasteiger partial charge in [-0.05, 0) is 42.3 Å². The Morgan fingerprint density at radius 3 is 2.71 bits per heavy atom. The van der Waals surface area contributed by atoms with Gasteiger partial charge in [0.25, 0.3) is 0 Å². The molecule has 0 aliphatic rings. The summed E-state index contributed by atoms with van der Waals surface area (Å²) in [6.45, 7) is 0. The van der Waals surface area contributed by atoms with Gasteiger partial charge in [0.15, 0.2) is 5.65 Å². The monoisotopic (exact) mass is 362 g/mol. The summed E-state index contributed by atoms with van der Waals surface area (Å²) in [5.41, 5.74) is 5.83. The van der Waals surface area contributed by atoms with E-state index in [0.717, 1.165) is 45.4 Å². The summed E-state index contributed by atoms with van der Waals surface area (Å²) in [5.74, 6) is 6.36. The van der Waals surface area contributed by atoms with Crippen molar-refractivity contribution in [3.8, 4) is 23.1 Å². The van der Waals surface area contributed by atoms with E-state index in [0.29, 0.717) is 5.56 Å². The van der Waals surface area contributed by atoms with Crippen LogP contribution < -0.4 is 0 Å². The summed E-state index contributed by atoms with van der Waals surface area (Å²) >= 11 is 0. The predicted octanol–water partition coefficient (Wildman–Crippen LogP) is 4.09. The van der Waals surface area contributed by atoms with Crippen molar-refractivity contribution in [1.29, 1.82) is 0 Å². The molecule has 0 aliphatic heterocycles. The number of hydrogen-bond donors (Lipinski definition) is 1. The van der Waals surface area contributed by atoms with Crippen LogP contribution in [-0.4, -0.2) is 25.9 Å². The number of aromatic nitrogens is 4. The second-order valence-corrected chi connectivity index (χ2v) is 6.40. The van der Waals surface area contributed by atoms with Crippen LogP contribution in [0, 0.1) is 11.8 Å². The van der Waals surface area contributed by atoms with Crippen molar-refractivity contribution in [2.24, 2.45) is 0 Å². The van der Waals surface area contributed by atoms with Gasteiger partial charge in [-0.3, -0.25) is 4.79 Å². The molecular weight excluding hydrogens is 348 g/mol. The van der Waals surface area contributed by atoms with E-state index in [4.69, 9.17) is 0 Å². The maximum Gasteiger partial charge on any atom is 0.154 e. The Kier molecular flexibility index (Phi) is 3.74. The maximum atomic E-state index is 10.8. The molecule has 5 aromatic rings. The van der Waals surface area contributed by atoms with Crippen molar-refractivity contribution in [1.82, 2.24) is 19.6 Å². The van der Waals surface area contributed by atoms with Crippen LogP contribution in [0.4, 0.5) is 0 Å². The maximum absolute atomic E-state index is 10.8. The highest BCUT2D eigenvalue weighted by Crippen LogP contribution is 2.18. The van der Waals surface area contributed by atoms with Crippen LogP contribution in [0.2, 0.25) is 0 Å². The van der Waals surface area contributed by atoms with E-state index in [-0.39, 0.29) is 0 Å². The lowest BCUT2D eigenvalue weighted by atomic mass is 10.1. The van der Waals surface area contributed by atoms with Gasteiger partial charge in [0.2, 0.25) is 0 Å². The molecule has 0 radical (unpaired) electrons. The summed E-state index contributed by atoms with van der Waals surface area (Å²) in [4.78, 5) is 18.4.